The van der Waals surface area contributed by atoms with Crippen LogP contribution in [0.5, 0.6) is 0 Å². The first-order valence-electron chi connectivity index (χ1n) is 7.98. The molecule has 1 aliphatic rings. The van der Waals surface area contributed by atoms with Gasteiger partial charge < -0.3 is 10.2 Å². The maximum absolute atomic E-state index is 9.56. The molecule has 0 aliphatic carbocycles. The lowest BCUT2D eigenvalue weighted by molar-refractivity contribution is 0.481. The lowest BCUT2D eigenvalue weighted by Gasteiger charge is -2.34. The largest absolute Gasteiger partial charge is 0.355 e. The second-order valence-corrected chi connectivity index (χ2v) is 6.23. The van der Waals surface area contributed by atoms with E-state index in [0.717, 1.165) is 47.7 Å². The van der Waals surface area contributed by atoms with Gasteiger partial charge in [-0.15, -0.1) is 0 Å². The summed E-state index contributed by atoms with van der Waals surface area (Å²) in [5, 5.41) is 13.0. The molecular formula is C18H19N5. The van der Waals surface area contributed by atoms with Gasteiger partial charge in [-0.2, -0.15) is 5.26 Å². The number of nitrogens with zero attached hydrogens (tertiary/aromatic N) is 4. The van der Waals surface area contributed by atoms with Crippen LogP contribution in [0.4, 0.5) is 5.82 Å². The summed E-state index contributed by atoms with van der Waals surface area (Å²) in [5.74, 6) is 1.12. The minimum absolute atomic E-state index is 0.449. The highest BCUT2D eigenvalue weighted by Gasteiger charge is 2.22. The molecule has 2 aromatic heterocycles. The number of anilines is 1. The quantitative estimate of drug-likeness (QED) is 0.750. The highest BCUT2D eigenvalue weighted by Crippen LogP contribution is 2.29. The Bertz CT molecular complexity index is 934. The summed E-state index contributed by atoms with van der Waals surface area (Å²) < 4.78 is 2.14. The molecule has 0 saturated carbocycles. The zero-order valence-electron chi connectivity index (χ0n) is 13.4. The van der Waals surface area contributed by atoms with Gasteiger partial charge in [0, 0.05) is 25.7 Å². The molecule has 116 valence electrons. The number of imidazole rings is 1. The molecule has 23 heavy (non-hydrogen) atoms. The second-order valence-electron chi connectivity index (χ2n) is 6.23. The molecular weight excluding hydrogens is 286 g/mol. The molecule has 0 radical (unpaired) electrons. The topological polar surface area (TPSA) is 56.4 Å². The molecule has 1 atom stereocenters. The van der Waals surface area contributed by atoms with E-state index in [0.29, 0.717) is 11.6 Å². The van der Waals surface area contributed by atoms with Crippen molar-refractivity contribution in [3.05, 3.63) is 41.5 Å². The first kappa shape index (κ1) is 14.0. The number of benzene rings is 1. The lowest BCUT2D eigenvalue weighted by Crippen LogP contribution is -2.49. The van der Waals surface area contributed by atoms with E-state index in [4.69, 9.17) is 4.98 Å². The zero-order chi connectivity index (χ0) is 16.0. The number of fused-ring (bicyclic) bond motifs is 3. The van der Waals surface area contributed by atoms with Gasteiger partial charge in [0.25, 0.3) is 0 Å². The Morgan fingerprint density at radius 1 is 1.35 bits per heavy atom. The standard InChI is InChI=1S/C18H19N5/c1-12-9-17(22-8-7-20-13(2)11-22)23-16-6-4-3-5-15(16)21-18(23)14(12)10-19/h3-6,9,13,20H,7-8,11H2,1-2H3/t13-/m1/s1. The van der Waals surface area contributed by atoms with Crippen LogP contribution in [0.15, 0.2) is 30.3 Å². The Balaban J connectivity index is 2.05. The summed E-state index contributed by atoms with van der Waals surface area (Å²) in [6.07, 6.45) is 0. The number of nitriles is 1. The molecule has 0 unspecified atom stereocenters. The Hall–Kier alpha value is -2.58. The molecule has 5 heteroatoms. The molecule has 1 N–H and O–H groups in total. The van der Waals surface area contributed by atoms with E-state index in [9.17, 15) is 5.26 Å². The van der Waals surface area contributed by atoms with Gasteiger partial charge in [0.05, 0.1) is 16.6 Å². The third kappa shape index (κ3) is 2.14. The Morgan fingerprint density at radius 3 is 2.96 bits per heavy atom. The molecule has 1 aromatic carbocycles. The average molecular weight is 305 g/mol. The first-order chi connectivity index (χ1) is 11.2. The Morgan fingerprint density at radius 2 is 2.17 bits per heavy atom. The summed E-state index contributed by atoms with van der Waals surface area (Å²) in [6.45, 7) is 7.07. The fourth-order valence-electron chi connectivity index (χ4n) is 3.44. The maximum atomic E-state index is 9.56. The minimum Gasteiger partial charge on any atom is -0.355 e. The van der Waals surface area contributed by atoms with Crippen molar-refractivity contribution in [2.75, 3.05) is 24.5 Å². The summed E-state index contributed by atoms with van der Waals surface area (Å²) in [5.41, 5.74) is 4.39. The SMILES string of the molecule is Cc1cc(N2CCN[C@H](C)C2)n2c(nc3ccccc32)c1C#N. The van der Waals surface area contributed by atoms with Crippen LogP contribution in [0.2, 0.25) is 0 Å². The molecule has 1 aliphatic heterocycles. The van der Waals surface area contributed by atoms with Gasteiger partial charge in [-0.1, -0.05) is 12.1 Å². The van der Waals surface area contributed by atoms with Crippen LogP contribution in [-0.4, -0.2) is 35.1 Å². The molecule has 3 aromatic rings. The normalized spacial score (nSPS) is 18.5. The van der Waals surface area contributed by atoms with Crippen molar-refractivity contribution in [2.24, 2.45) is 0 Å². The van der Waals surface area contributed by atoms with Crippen LogP contribution in [0.1, 0.15) is 18.1 Å². The fraction of sp³-hybridized carbons (Fsp3) is 0.333. The van der Waals surface area contributed by atoms with Crippen molar-refractivity contribution in [1.29, 1.82) is 5.26 Å². The van der Waals surface area contributed by atoms with Gasteiger partial charge in [-0.05, 0) is 37.6 Å². The van der Waals surface area contributed by atoms with Crippen molar-refractivity contribution in [1.82, 2.24) is 14.7 Å². The van der Waals surface area contributed by atoms with Crippen LogP contribution < -0.4 is 10.2 Å². The number of hydrogen-bond acceptors (Lipinski definition) is 4. The number of nitrogens with one attached hydrogen (secondary N) is 1. The first-order valence-corrected chi connectivity index (χ1v) is 7.98. The van der Waals surface area contributed by atoms with E-state index < -0.39 is 0 Å². The van der Waals surface area contributed by atoms with Gasteiger partial charge >= 0.3 is 0 Å². The summed E-state index contributed by atoms with van der Waals surface area (Å²) in [7, 11) is 0. The summed E-state index contributed by atoms with van der Waals surface area (Å²) in [6, 6.07) is 13.0. The minimum atomic E-state index is 0.449. The molecule has 4 rings (SSSR count). The number of hydrogen-bond donors (Lipinski definition) is 1. The zero-order valence-corrected chi connectivity index (χ0v) is 13.4. The van der Waals surface area contributed by atoms with Gasteiger partial charge in [0.15, 0.2) is 5.65 Å². The van der Waals surface area contributed by atoms with Crippen molar-refractivity contribution in [3.8, 4) is 6.07 Å². The smallest absolute Gasteiger partial charge is 0.157 e. The summed E-state index contributed by atoms with van der Waals surface area (Å²) in [4.78, 5) is 7.10. The lowest BCUT2D eigenvalue weighted by atomic mass is 10.1. The van der Waals surface area contributed by atoms with Crippen LogP contribution in [-0.2, 0) is 0 Å². The molecule has 3 heterocycles. The highest BCUT2D eigenvalue weighted by molar-refractivity contribution is 5.85. The van der Waals surface area contributed by atoms with E-state index in [1.807, 2.05) is 25.1 Å². The molecule has 0 spiro atoms. The number of piperazine rings is 1. The highest BCUT2D eigenvalue weighted by atomic mass is 15.3. The molecule has 1 saturated heterocycles. The van der Waals surface area contributed by atoms with Crippen molar-refractivity contribution >= 4 is 22.5 Å². The van der Waals surface area contributed by atoms with Gasteiger partial charge in [0.1, 0.15) is 11.9 Å². The van der Waals surface area contributed by atoms with Gasteiger partial charge in [0.2, 0.25) is 0 Å². The monoisotopic (exact) mass is 305 g/mol. The number of rotatable bonds is 1. The van der Waals surface area contributed by atoms with Crippen LogP contribution in [0.25, 0.3) is 16.7 Å². The van der Waals surface area contributed by atoms with Crippen LogP contribution in [0.3, 0.4) is 0 Å². The number of pyridine rings is 1. The number of aryl methyl sites for hydroxylation is 1. The fourth-order valence-corrected chi connectivity index (χ4v) is 3.44. The van der Waals surface area contributed by atoms with E-state index in [1.54, 1.807) is 0 Å². The average Bonchev–Trinajstić information content (AvgIpc) is 2.93. The molecule has 1 fully saturated rings. The van der Waals surface area contributed by atoms with E-state index in [2.05, 4.69) is 39.7 Å². The van der Waals surface area contributed by atoms with E-state index >= 15 is 0 Å². The summed E-state index contributed by atoms with van der Waals surface area (Å²) >= 11 is 0. The third-order valence-corrected chi connectivity index (χ3v) is 4.56. The van der Waals surface area contributed by atoms with Gasteiger partial charge in [-0.3, -0.25) is 4.40 Å². The third-order valence-electron chi connectivity index (χ3n) is 4.56. The Labute approximate surface area is 135 Å². The number of aromatic nitrogens is 2. The number of para-hydroxylation sites is 2. The van der Waals surface area contributed by atoms with Crippen molar-refractivity contribution < 1.29 is 0 Å². The Kier molecular flexibility index (Phi) is 3.21. The van der Waals surface area contributed by atoms with Crippen molar-refractivity contribution in [3.63, 3.8) is 0 Å². The van der Waals surface area contributed by atoms with Crippen LogP contribution in [0, 0.1) is 18.3 Å². The predicted molar refractivity (Wildman–Crippen MR) is 91.8 cm³/mol. The van der Waals surface area contributed by atoms with E-state index in [-0.39, 0.29) is 0 Å². The molecule has 0 bridgehead atoms. The molecule has 0 amide bonds. The van der Waals surface area contributed by atoms with E-state index in [1.165, 1.54) is 0 Å². The van der Waals surface area contributed by atoms with Crippen LogP contribution >= 0.6 is 0 Å². The maximum Gasteiger partial charge on any atom is 0.157 e. The van der Waals surface area contributed by atoms with Gasteiger partial charge in [-0.25, -0.2) is 4.98 Å². The molecule has 5 nitrogen and oxygen atoms in total. The second kappa shape index (κ2) is 5.25. The van der Waals surface area contributed by atoms with Crippen molar-refractivity contribution in [2.45, 2.75) is 19.9 Å². The predicted octanol–water partition coefficient (Wildman–Crippen LogP) is 2.47.